The van der Waals surface area contributed by atoms with E-state index in [4.69, 9.17) is 5.73 Å². The highest BCUT2D eigenvalue weighted by Gasteiger charge is 2.11. The number of anilines is 2. The monoisotopic (exact) mass is 250 g/mol. The van der Waals surface area contributed by atoms with Crippen molar-refractivity contribution in [3.05, 3.63) is 47.9 Å². The van der Waals surface area contributed by atoms with E-state index >= 15 is 0 Å². The van der Waals surface area contributed by atoms with Gasteiger partial charge in [0.05, 0.1) is 12.2 Å². The van der Waals surface area contributed by atoms with Gasteiger partial charge in [0, 0.05) is 19.3 Å². The molecule has 1 aromatic heterocycles. The van der Waals surface area contributed by atoms with Crippen molar-refractivity contribution in [3.8, 4) is 0 Å². The molecule has 2 aromatic rings. The first kappa shape index (κ1) is 12.4. The van der Waals surface area contributed by atoms with E-state index in [0.717, 1.165) is 6.07 Å². The summed E-state index contributed by atoms with van der Waals surface area (Å²) in [5.41, 5.74) is 5.67. The van der Waals surface area contributed by atoms with Gasteiger partial charge in [0.1, 0.15) is 23.3 Å². The number of aromatic nitrogens is 2. The van der Waals surface area contributed by atoms with Crippen LogP contribution < -0.4 is 10.6 Å². The van der Waals surface area contributed by atoms with Crippen LogP contribution in [0.25, 0.3) is 0 Å². The Kier molecular flexibility index (Phi) is 3.47. The number of halogens is 2. The number of nitrogens with two attached hydrogens (primary N) is 1. The fourth-order valence-electron chi connectivity index (χ4n) is 1.55. The van der Waals surface area contributed by atoms with Crippen LogP contribution in [0.4, 0.5) is 20.3 Å². The van der Waals surface area contributed by atoms with E-state index in [1.54, 1.807) is 19.3 Å². The Labute approximate surface area is 103 Å². The van der Waals surface area contributed by atoms with Gasteiger partial charge in [-0.15, -0.1) is 0 Å². The second-order valence-corrected chi connectivity index (χ2v) is 3.69. The van der Waals surface area contributed by atoms with Crippen LogP contribution in [0.15, 0.2) is 30.5 Å². The third-order valence-corrected chi connectivity index (χ3v) is 2.49. The molecule has 2 rings (SSSR count). The molecule has 18 heavy (non-hydrogen) atoms. The van der Waals surface area contributed by atoms with Crippen LogP contribution in [0.5, 0.6) is 0 Å². The van der Waals surface area contributed by atoms with Crippen LogP contribution in [0.1, 0.15) is 5.82 Å². The van der Waals surface area contributed by atoms with E-state index in [9.17, 15) is 8.78 Å². The van der Waals surface area contributed by atoms with Gasteiger partial charge in [-0.1, -0.05) is 0 Å². The lowest BCUT2D eigenvalue weighted by Gasteiger charge is -2.19. The van der Waals surface area contributed by atoms with E-state index in [0.29, 0.717) is 11.6 Å². The standard InChI is InChI=1S/C12H12F2N4/c1-18(10-3-2-8(13)6-9(10)14)12-4-5-16-11(7-15)17-12/h2-6H,7,15H2,1H3. The zero-order chi connectivity index (χ0) is 13.1. The minimum absolute atomic E-state index is 0.202. The Morgan fingerprint density at radius 3 is 2.72 bits per heavy atom. The average molecular weight is 250 g/mol. The molecule has 0 fully saturated rings. The van der Waals surface area contributed by atoms with Crippen molar-refractivity contribution < 1.29 is 8.78 Å². The van der Waals surface area contributed by atoms with Gasteiger partial charge in [0.15, 0.2) is 0 Å². The molecule has 94 valence electrons. The summed E-state index contributed by atoms with van der Waals surface area (Å²) in [6.45, 7) is 0.202. The van der Waals surface area contributed by atoms with Gasteiger partial charge in [0.2, 0.25) is 0 Å². The molecule has 0 unspecified atom stereocenters. The highest BCUT2D eigenvalue weighted by Crippen LogP contribution is 2.24. The van der Waals surface area contributed by atoms with Gasteiger partial charge in [-0.3, -0.25) is 0 Å². The van der Waals surface area contributed by atoms with Crippen molar-refractivity contribution >= 4 is 11.5 Å². The minimum atomic E-state index is -0.648. The summed E-state index contributed by atoms with van der Waals surface area (Å²) in [6.07, 6.45) is 1.54. The predicted octanol–water partition coefficient (Wildman–Crippen LogP) is 1.98. The van der Waals surface area contributed by atoms with Crippen LogP contribution in [0.3, 0.4) is 0 Å². The Morgan fingerprint density at radius 1 is 1.28 bits per heavy atom. The number of benzene rings is 1. The summed E-state index contributed by atoms with van der Waals surface area (Å²) < 4.78 is 26.5. The fourth-order valence-corrected chi connectivity index (χ4v) is 1.55. The van der Waals surface area contributed by atoms with Gasteiger partial charge in [-0.25, -0.2) is 18.7 Å². The average Bonchev–Trinajstić information content (AvgIpc) is 2.38. The smallest absolute Gasteiger partial charge is 0.149 e. The summed E-state index contributed by atoms with van der Waals surface area (Å²) in [5.74, 6) is -0.307. The highest BCUT2D eigenvalue weighted by atomic mass is 19.1. The van der Waals surface area contributed by atoms with E-state index in [2.05, 4.69) is 9.97 Å². The summed E-state index contributed by atoms with van der Waals surface area (Å²) in [5, 5.41) is 0. The molecule has 1 aromatic carbocycles. The first-order valence-corrected chi connectivity index (χ1v) is 5.32. The van der Waals surface area contributed by atoms with Gasteiger partial charge < -0.3 is 10.6 Å². The lowest BCUT2D eigenvalue weighted by atomic mass is 10.2. The predicted molar refractivity (Wildman–Crippen MR) is 64.3 cm³/mol. The molecule has 0 saturated carbocycles. The maximum Gasteiger partial charge on any atom is 0.149 e. The molecule has 0 radical (unpaired) electrons. The molecule has 0 spiro atoms. The lowest BCUT2D eigenvalue weighted by molar-refractivity contribution is 0.583. The summed E-state index contributed by atoms with van der Waals surface area (Å²) in [7, 11) is 1.64. The van der Waals surface area contributed by atoms with E-state index in [-0.39, 0.29) is 12.2 Å². The van der Waals surface area contributed by atoms with Crippen LogP contribution in [-0.4, -0.2) is 17.0 Å². The number of nitrogens with zero attached hydrogens (tertiary/aromatic N) is 3. The van der Waals surface area contributed by atoms with Crippen LogP contribution in [-0.2, 0) is 6.54 Å². The molecule has 6 heteroatoms. The van der Waals surface area contributed by atoms with Crippen molar-refractivity contribution in [3.63, 3.8) is 0 Å². The molecular formula is C12H12F2N4. The molecule has 4 nitrogen and oxygen atoms in total. The zero-order valence-corrected chi connectivity index (χ0v) is 9.77. The number of hydrogen-bond donors (Lipinski definition) is 1. The molecule has 0 saturated heterocycles. The van der Waals surface area contributed by atoms with Gasteiger partial charge in [0.25, 0.3) is 0 Å². The topological polar surface area (TPSA) is 55.0 Å². The van der Waals surface area contributed by atoms with E-state index in [1.165, 1.54) is 17.0 Å². The van der Waals surface area contributed by atoms with Gasteiger partial charge in [-0.2, -0.15) is 0 Å². The first-order valence-electron chi connectivity index (χ1n) is 5.32. The Hall–Kier alpha value is -2.08. The van der Waals surface area contributed by atoms with Crippen molar-refractivity contribution in [2.24, 2.45) is 5.73 Å². The van der Waals surface area contributed by atoms with E-state index in [1.807, 2.05) is 0 Å². The highest BCUT2D eigenvalue weighted by molar-refractivity contribution is 5.59. The van der Waals surface area contributed by atoms with Crippen LogP contribution >= 0.6 is 0 Å². The van der Waals surface area contributed by atoms with Crippen molar-refractivity contribution in [2.75, 3.05) is 11.9 Å². The second kappa shape index (κ2) is 5.05. The Balaban J connectivity index is 2.37. The molecule has 0 amide bonds. The number of hydrogen-bond acceptors (Lipinski definition) is 4. The fraction of sp³-hybridized carbons (Fsp3) is 0.167. The maximum atomic E-state index is 13.6. The largest absolute Gasteiger partial charge is 0.327 e. The van der Waals surface area contributed by atoms with Crippen LogP contribution in [0, 0.1) is 11.6 Å². The quantitative estimate of drug-likeness (QED) is 0.905. The van der Waals surface area contributed by atoms with Gasteiger partial charge >= 0.3 is 0 Å². The normalized spacial score (nSPS) is 10.4. The third kappa shape index (κ3) is 2.43. The Bertz CT molecular complexity index is 560. The minimum Gasteiger partial charge on any atom is -0.327 e. The summed E-state index contributed by atoms with van der Waals surface area (Å²) in [4.78, 5) is 9.62. The molecule has 2 N–H and O–H groups in total. The maximum absolute atomic E-state index is 13.6. The van der Waals surface area contributed by atoms with E-state index < -0.39 is 11.6 Å². The Morgan fingerprint density at radius 2 is 2.06 bits per heavy atom. The van der Waals surface area contributed by atoms with Crippen LogP contribution in [0.2, 0.25) is 0 Å². The molecule has 0 aliphatic rings. The van der Waals surface area contributed by atoms with Gasteiger partial charge in [-0.05, 0) is 18.2 Å². The summed E-state index contributed by atoms with van der Waals surface area (Å²) in [6, 6.07) is 5.01. The first-order chi connectivity index (χ1) is 8.61. The molecule has 1 heterocycles. The molecule has 0 atom stereocenters. The zero-order valence-electron chi connectivity index (χ0n) is 9.77. The number of rotatable bonds is 3. The SMILES string of the molecule is CN(c1ccnc(CN)n1)c1ccc(F)cc1F. The van der Waals surface area contributed by atoms with Crippen molar-refractivity contribution in [1.82, 2.24) is 9.97 Å². The second-order valence-electron chi connectivity index (χ2n) is 3.69. The van der Waals surface area contributed by atoms with Crippen molar-refractivity contribution in [2.45, 2.75) is 6.54 Å². The van der Waals surface area contributed by atoms with Crippen molar-refractivity contribution in [1.29, 1.82) is 0 Å². The molecule has 0 aliphatic carbocycles. The molecular weight excluding hydrogens is 238 g/mol. The third-order valence-electron chi connectivity index (χ3n) is 2.49. The lowest BCUT2D eigenvalue weighted by Crippen LogP contribution is -2.15. The molecule has 0 bridgehead atoms. The molecule has 0 aliphatic heterocycles. The summed E-state index contributed by atoms with van der Waals surface area (Å²) >= 11 is 0.